The fourth-order valence-electron chi connectivity index (χ4n) is 6.33. The van der Waals surface area contributed by atoms with Crippen molar-refractivity contribution in [2.24, 2.45) is 11.5 Å². The summed E-state index contributed by atoms with van der Waals surface area (Å²) in [4.78, 5) is 93.9. The molecule has 1 aliphatic heterocycles. The van der Waals surface area contributed by atoms with E-state index in [0.717, 1.165) is 10.9 Å². The molecule has 1 aromatic heterocycles. The second-order valence-electron chi connectivity index (χ2n) is 13.6. The highest BCUT2D eigenvalue weighted by Gasteiger charge is 2.39. The van der Waals surface area contributed by atoms with Crippen LogP contribution in [0.1, 0.15) is 23.1 Å². The summed E-state index contributed by atoms with van der Waals surface area (Å²) in [6.45, 7) is -1.35. The first kappa shape index (κ1) is 41.4. The third kappa shape index (κ3) is 11.4. The van der Waals surface area contributed by atoms with Crippen LogP contribution in [0.15, 0.2) is 85.1 Å². The van der Waals surface area contributed by atoms with Crippen molar-refractivity contribution in [2.75, 3.05) is 13.2 Å². The number of aromatic amines is 1. The van der Waals surface area contributed by atoms with Gasteiger partial charge in [0.05, 0.1) is 19.2 Å². The van der Waals surface area contributed by atoms with E-state index < -0.39 is 90.8 Å². The third-order valence-electron chi connectivity index (χ3n) is 9.37. The lowest BCUT2D eigenvalue weighted by Crippen LogP contribution is -2.58. The topological polar surface area (TPSA) is 300 Å². The number of para-hydroxylation sites is 1. The SMILES string of the molecule is NC(=O)CNC(=O)[C@H](Cc1c[nH]c2ccccc12)NC(=O)[C@@H]1C[C@@H](NC(=O)[C@H](CO)NC(=O)[C@H](Cc2ccccc2)NC(=O)[C@@H](N)Cc2ccc(O)cc2)C(=O)N1. The lowest BCUT2D eigenvalue weighted by Gasteiger charge is -2.24. The van der Waals surface area contributed by atoms with E-state index in [1.54, 1.807) is 48.7 Å². The number of benzene rings is 3. The molecule has 0 saturated carbocycles. The second kappa shape index (κ2) is 19.2. The van der Waals surface area contributed by atoms with Gasteiger partial charge < -0.3 is 58.6 Å². The number of aliphatic hydroxyl groups is 1. The van der Waals surface area contributed by atoms with Crippen LogP contribution in [0.2, 0.25) is 0 Å². The molecule has 3 aromatic carbocycles. The highest BCUT2D eigenvalue weighted by molar-refractivity contribution is 5.99. The number of aromatic hydroxyl groups is 1. The van der Waals surface area contributed by atoms with E-state index in [2.05, 4.69) is 36.9 Å². The Labute approximate surface area is 326 Å². The van der Waals surface area contributed by atoms with Crippen molar-refractivity contribution >= 4 is 52.3 Å². The Bertz CT molecular complexity index is 2090. The number of primary amides is 1. The lowest BCUT2D eigenvalue weighted by atomic mass is 10.0. The Hall–Kier alpha value is -6.79. The fraction of sp³-hybridized carbons (Fsp3) is 0.308. The summed E-state index contributed by atoms with van der Waals surface area (Å²) >= 11 is 0. The van der Waals surface area contributed by atoms with Gasteiger partial charge in [-0.1, -0.05) is 60.7 Å². The Morgan fingerprint density at radius 2 is 1.40 bits per heavy atom. The van der Waals surface area contributed by atoms with E-state index in [-0.39, 0.29) is 31.4 Å². The molecule has 4 aromatic rings. The number of hydrogen-bond acceptors (Lipinski definition) is 10. The minimum Gasteiger partial charge on any atom is -0.508 e. The van der Waals surface area contributed by atoms with Crippen LogP contribution in [0.5, 0.6) is 5.75 Å². The normalized spacial score (nSPS) is 17.0. The minimum absolute atomic E-state index is 0.00773. The summed E-state index contributed by atoms with van der Waals surface area (Å²) in [5.74, 6) is -5.32. The van der Waals surface area contributed by atoms with Crippen LogP contribution >= 0.6 is 0 Å². The molecule has 0 aliphatic carbocycles. The van der Waals surface area contributed by atoms with Gasteiger partial charge in [-0.2, -0.15) is 0 Å². The number of nitrogens with two attached hydrogens (primary N) is 2. The van der Waals surface area contributed by atoms with Crippen molar-refractivity contribution < 1.29 is 43.8 Å². The summed E-state index contributed by atoms with van der Waals surface area (Å²) in [6.07, 6.45) is 1.58. The summed E-state index contributed by atoms with van der Waals surface area (Å²) in [6, 6.07) is 14.7. The average Bonchev–Trinajstić information content (AvgIpc) is 3.78. The van der Waals surface area contributed by atoms with E-state index in [1.165, 1.54) is 12.1 Å². The number of hydrogen-bond donors (Lipinski definition) is 11. The highest BCUT2D eigenvalue weighted by atomic mass is 16.3. The molecule has 0 spiro atoms. The van der Waals surface area contributed by atoms with E-state index in [0.29, 0.717) is 16.7 Å². The van der Waals surface area contributed by atoms with Crippen LogP contribution in [-0.4, -0.2) is 106 Å². The Morgan fingerprint density at radius 3 is 2.11 bits per heavy atom. The first-order valence-corrected chi connectivity index (χ1v) is 18.1. The van der Waals surface area contributed by atoms with Crippen molar-refractivity contribution in [3.8, 4) is 5.75 Å². The van der Waals surface area contributed by atoms with Gasteiger partial charge in [0, 0.05) is 36.4 Å². The van der Waals surface area contributed by atoms with Gasteiger partial charge in [-0.25, -0.2) is 0 Å². The Morgan fingerprint density at radius 1 is 0.754 bits per heavy atom. The molecular formula is C39H45N9O9. The maximum absolute atomic E-state index is 13.6. The molecule has 7 amide bonds. The van der Waals surface area contributed by atoms with Gasteiger partial charge in [0.2, 0.25) is 41.4 Å². The highest BCUT2D eigenvalue weighted by Crippen LogP contribution is 2.20. The predicted molar refractivity (Wildman–Crippen MR) is 205 cm³/mol. The van der Waals surface area contributed by atoms with Gasteiger partial charge in [-0.3, -0.25) is 33.6 Å². The number of H-pyrrole nitrogens is 1. The molecule has 6 atom stereocenters. The van der Waals surface area contributed by atoms with Gasteiger partial charge in [-0.15, -0.1) is 0 Å². The molecule has 1 aliphatic rings. The van der Waals surface area contributed by atoms with Gasteiger partial charge in [0.15, 0.2) is 0 Å². The maximum Gasteiger partial charge on any atom is 0.245 e. The number of phenolic OH excluding ortho intramolecular Hbond substituents is 1. The fourth-order valence-corrected chi connectivity index (χ4v) is 6.33. The number of carbonyl (C=O) groups is 7. The monoisotopic (exact) mass is 783 g/mol. The number of aromatic nitrogens is 1. The average molecular weight is 784 g/mol. The number of phenols is 1. The molecule has 57 heavy (non-hydrogen) atoms. The van der Waals surface area contributed by atoms with Crippen molar-refractivity contribution in [2.45, 2.75) is 61.9 Å². The molecule has 13 N–H and O–H groups in total. The number of fused-ring (bicyclic) bond motifs is 1. The molecule has 2 heterocycles. The Balaban J connectivity index is 1.20. The standard InChI is InChI=1S/C39H45N9O9/c40-26(14-22-10-12-24(50)13-11-22)34(52)44-28(15-21-6-2-1-3-7-21)36(54)48-32(20-49)39(57)47-31-17-30(46-38(31)56)37(55)45-29(35(53)43-19-33(41)51)16-23-18-42-27-9-5-4-8-25(23)27/h1-13,18,26,28-32,42,49-50H,14-17,19-20,40H2,(H2,41,51)(H,43,53)(H,44,52)(H,45,55)(H,46,56)(H,47,57)(H,48,54)/t26-,28-,29-,30-,31+,32-/m0/s1. The zero-order valence-electron chi connectivity index (χ0n) is 30.7. The Kier molecular flexibility index (Phi) is 13.9. The molecule has 18 nitrogen and oxygen atoms in total. The van der Waals surface area contributed by atoms with Gasteiger partial charge in [-0.05, 0) is 41.3 Å². The molecule has 0 bridgehead atoms. The van der Waals surface area contributed by atoms with Gasteiger partial charge in [0.25, 0.3) is 0 Å². The third-order valence-corrected chi connectivity index (χ3v) is 9.37. The molecule has 0 unspecified atom stereocenters. The van der Waals surface area contributed by atoms with Crippen molar-refractivity contribution in [3.63, 3.8) is 0 Å². The van der Waals surface area contributed by atoms with Crippen molar-refractivity contribution in [3.05, 3.63) is 102 Å². The second-order valence-corrected chi connectivity index (χ2v) is 13.6. The summed E-state index contributed by atoms with van der Waals surface area (Å²) in [5, 5.41) is 35.5. The van der Waals surface area contributed by atoms with Crippen molar-refractivity contribution in [1.29, 1.82) is 0 Å². The zero-order chi connectivity index (χ0) is 41.1. The number of nitrogens with one attached hydrogen (secondary N) is 7. The van der Waals surface area contributed by atoms with Crippen LogP contribution in [0.25, 0.3) is 10.9 Å². The zero-order valence-corrected chi connectivity index (χ0v) is 30.7. The van der Waals surface area contributed by atoms with E-state index in [1.807, 2.05) is 24.3 Å². The molecule has 0 radical (unpaired) electrons. The smallest absolute Gasteiger partial charge is 0.245 e. The van der Waals surface area contributed by atoms with Gasteiger partial charge >= 0.3 is 0 Å². The molecule has 1 saturated heterocycles. The minimum atomic E-state index is -1.56. The van der Waals surface area contributed by atoms with Gasteiger partial charge in [0.1, 0.15) is 36.0 Å². The largest absolute Gasteiger partial charge is 0.508 e. The van der Waals surface area contributed by atoms with Crippen LogP contribution < -0.4 is 43.4 Å². The molecule has 5 rings (SSSR count). The lowest BCUT2D eigenvalue weighted by molar-refractivity contribution is -0.134. The van der Waals surface area contributed by atoms with Crippen LogP contribution in [-0.2, 0) is 52.8 Å². The summed E-state index contributed by atoms with van der Waals surface area (Å²) in [7, 11) is 0. The predicted octanol–water partition coefficient (Wildman–Crippen LogP) is -2.35. The summed E-state index contributed by atoms with van der Waals surface area (Å²) in [5.41, 5.74) is 14.2. The van der Waals surface area contributed by atoms with Crippen LogP contribution in [0, 0.1) is 0 Å². The van der Waals surface area contributed by atoms with E-state index in [4.69, 9.17) is 11.5 Å². The van der Waals surface area contributed by atoms with Crippen LogP contribution in [0.4, 0.5) is 0 Å². The van der Waals surface area contributed by atoms with E-state index >= 15 is 0 Å². The van der Waals surface area contributed by atoms with Crippen molar-refractivity contribution in [1.82, 2.24) is 36.9 Å². The first-order chi connectivity index (χ1) is 27.3. The first-order valence-electron chi connectivity index (χ1n) is 18.1. The number of rotatable bonds is 18. The maximum atomic E-state index is 13.6. The summed E-state index contributed by atoms with van der Waals surface area (Å²) < 4.78 is 0. The van der Waals surface area contributed by atoms with E-state index in [9.17, 15) is 43.8 Å². The molecular weight excluding hydrogens is 738 g/mol. The number of aliphatic hydroxyl groups excluding tert-OH is 1. The van der Waals surface area contributed by atoms with Crippen LogP contribution in [0.3, 0.4) is 0 Å². The number of carbonyl (C=O) groups excluding carboxylic acids is 7. The molecule has 18 heteroatoms. The molecule has 1 fully saturated rings. The quantitative estimate of drug-likeness (QED) is 0.0511. The number of amides is 7. The molecule has 300 valence electrons.